The van der Waals surface area contributed by atoms with Gasteiger partial charge in [-0.2, -0.15) is 0 Å². The molecule has 0 amide bonds. The van der Waals surface area contributed by atoms with E-state index in [9.17, 15) is 9.18 Å². The molecule has 0 atom stereocenters. The van der Waals surface area contributed by atoms with E-state index in [2.05, 4.69) is 15.9 Å². The van der Waals surface area contributed by atoms with Gasteiger partial charge in [0.1, 0.15) is 23.7 Å². The molecule has 0 radical (unpaired) electrons. The number of hydrogen-bond donors (Lipinski definition) is 1. The third kappa shape index (κ3) is 3.12. The second-order valence-electron chi connectivity index (χ2n) is 3.80. The standard InChI is InChI=1S/C14H10BrFO3/c15-10-5-3-7-12(13(10)14(17)18)19-8-9-4-1-2-6-11(9)16/h1-7H,8H2,(H,17,18). The Hall–Kier alpha value is -1.88. The van der Waals surface area contributed by atoms with Crippen molar-refractivity contribution < 1.29 is 19.0 Å². The molecular weight excluding hydrogens is 315 g/mol. The van der Waals surface area contributed by atoms with Crippen molar-refractivity contribution >= 4 is 21.9 Å². The predicted molar refractivity (Wildman–Crippen MR) is 71.8 cm³/mol. The Morgan fingerprint density at radius 2 is 1.95 bits per heavy atom. The van der Waals surface area contributed by atoms with Crippen LogP contribution in [0.3, 0.4) is 0 Å². The molecule has 0 saturated heterocycles. The highest BCUT2D eigenvalue weighted by atomic mass is 79.9. The Morgan fingerprint density at radius 3 is 2.63 bits per heavy atom. The number of aromatic carboxylic acids is 1. The number of carbonyl (C=O) groups is 1. The summed E-state index contributed by atoms with van der Waals surface area (Å²) in [5.41, 5.74) is 0.401. The Kier molecular flexibility index (Phi) is 4.16. The van der Waals surface area contributed by atoms with Gasteiger partial charge in [-0.1, -0.05) is 24.3 Å². The fraction of sp³-hybridized carbons (Fsp3) is 0.0714. The molecule has 19 heavy (non-hydrogen) atoms. The van der Waals surface area contributed by atoms with Gasteiger partial charge in [0.15, 0.2) is 0 Å². The van der Waals surface area contributed by atoms with E-state index >= 15 is 0 Å². The number of rotatable bonds is 4. The lowest BCUT2D eigenvalue weighted by molar-refractivity contribution is 0.0690. The minimum Gasteiger partial charge on any atom is -0.488 e. The molecule has 0 aliphatic carbocycles. The van der Waals surface area contributed by atoms with Gasteiger partial charge in [0.05, 0.1) is 0 Å². The van der Waals surface area contributed by atoms with E-state index in [1.807, 2.05) is 0 Å². The van der Waals surface area contributed by atoms with Crippen LogP contribution in [0.25, 0.3) is 0 Å². The summed E-state index contributed by atoms with van der Waals surface area (Å²) < 4.78 is 19.2. The van der Waals surface area contributed by atoms with Gasteiger partial charge in [0.25, 0.3) is 0 Å². The summed E-state index contributed by atoms with van der Waals surface area (Å²) in [6.45, 7) is -0.0244. The highest BCUT2D eigenvalue weighted by Crippen LogP contribution is 2.27. The van der Waals surface area contributed by atoms with Gasteiger partial charge < -0.3 is 9.84 Å². The number of carboxylic acid groups (broad SMARTS) is 1. The monoisotopic (exact) mass is 324 g/mol. The van der Waals surface area contributed by atoms with E-state index < -0.39 is 5.97 Å². The maximum atomic E-state index is 13.4. The molecule has 0 unspecified atom stereocenters. The zero-order valence-electron chi connectivity index (χ0n) is 9.77. The molecular formula is C14H10BrFO3. The number of ether oxygens (including phenoxy) is 1. The van der Waals surface area contributed by atoms with Gasteiger partial charge in [0.2, 0.25) is 0 Å². The van der Waals surface area contributed by atoms with Crippen LogP contribution in [0.15, 0.2) is 46.9 Å². The highest BCUT2D eigenvalue weighted by Gasteiger charge is 2.15. The van der Waals surface area contributed by atoms with E-state index in [0.29, 0.717) is 10.0 Å². The topological polar surface area (TPSA) is 46.5 Å². The molecule has 2 aromatic rings. The van der Waals surface area contributed by atoms with Crippen LogP contribution >= 0.6 is 15.9 Å². The van der Waals surface area contributed by atoms with Crippen LogP contribution in [0, 0.1) is 5.82 Å². The zero-order chi connectivity index (χ0) is 13.8. The smallest absolute Gasteiger partial charge is 0.340 e. The summed E-state index contributed by atoms with van der Waals surface area (Å²) in [4.78, 5) is 11.1. The number of carboxylic acids is 1. The summed E-state index contributed by atoms with van der Waals surface area (Å²) in [6.07, 6.45) is 0. The second-order valence-corrected chi connectivity index (χ2v) is 4.65. The summed E-state index contributed by atoms with van der Waals surface area (Å²) in [6, 6.07) is 11.0. The van der Waals surface area contributed by atoms with Crippen molar-refractivity contribution in [3.8, 4) is 5.75 Å². The third-order valence-corrected chi connectivity index (χ3v) is 3.19. The molecule has 0 bridgehead atoms. The minimum atomic E-state index is -1.10. The van der Waals surface area contributed by atoms with Gasteiger partial charge in [0, 0.05) is 10.0 Å². The normalized spacial score (nSPS) is 10.2. The first-order valence-corrected chi connectivity index (χ1v) is 6.27. The lowest BCUT2D eigenvalue weighted by atomic mass is 10.2. The van der Waals surface area contributed by atoms with Gasteiger partial charge in [-0.15, -0.1) is 0 Å². The van der Waals surface area contributed by atoms with E-state index in [0.717, 1.165) is 0 Å². The summed E-state index contributed by atoms with van der Waals surface area (Å²) in [7, 11) is 0. The van der Waals surface area contributed by atoms with Crippen LogP contribution in [0.4, 0.5) is 4.39 Å². The molecule has 2 rings (SSSR count). The van der Waals surface area contributed by atoms with Crippen molar-refractivity contribution in [2.75, 3.05) is 0 Å². The SMILES string of the molecule is O=C(O)c1c(Br)cccc1OCc1ccccc1F. The molecule has 0 aliphatic heterocycles. The Balaban J connectivity index is 2.23. The molecule has 0 aromatic heterocycles. The fourth-order valence-corrected chi connectivity index (χ4v) is 2.12. The first-order valence-electron chi connectivity index (χ1n) is 5.47. The van der Waals surface area contributed by atoms with E-state index in [1.165, 1.54) is 12.1 Å². The fourth-order valence-electron chi connectivity index (χ4n) is 1.60. The van der Waals surface area contributed by atoms with Crippen molar-refractivity contribution in [1.29, 1.82) is 0 Å². The number of benzene rings is 2. The molecule has 0 saturated carbocycles. The summed E-state index contributed by atoms with van der Waals surface area (Å²) in [5, 5.41) is 9.11. The average molecular weight is 325 g/mol. The summed E-state index contributed by atoms with van der Waals surface area (Å²) in [5.74, 6) is -1.28. The van der Waals surface area contributed by atoms with E-state index in [4.69, 9.17) is 9.84 Å². The Bertz CT molecular complexity index is 613. The van der Waals surface area contributed by atoms with Gasteiger partial charge in [-0.25, -0.2) is 9.18 Å². The molecule has 1 N–H and O–H groups in total. The average Bonchev–Trinajstić information content (AvgIpc) is 2.37. The predicted octanol–water partition coefficient (Wildman–Crippen LogP) is 3.87. The van der Waals surface area contributed by atoms with Crippen molar-refractivity contribution in [2.24, 2.45) is 0 Å². The zero-order valence-corrected chi connectivity index (χ0v) is 11.4. The first-order chi connectivity index (χ1) is 9.09. The number of hydrogen-bond acceptors (Lipinski definition) is 2. The molecule has 0 heterocycles. The molecule has 5 heteroatoms. The van der Waals surface area contributed by atoms with Crippen molar-refractivity contribution in [3.63, 3.8) is 0 Å². The van der Waals surface area contributed by atoms with Gasteiger partial charge >= 0.3 is 5.97 Å². The van der Waals surface area contributed by atoms with Crippen LogP contribution in [0.5, 0.6) is 5.75 Å². The van der Waals surface area contributed by atoms with Crippen LogP contribution in [-0.4, -0.2) is 11.1 Å². The van der Waals surface area contributed by atoms with Crippen molar-refractivity contribution in [3.05, 3.63) is 63.9 Å². The van der Waals surface area contributed by atoms with Crippen LogP contribution in [0.2, 0.25) is 0 Å². The maximum absolute atomic E-state index is 13.4. The largest absolute Gasteiger partial charge is 0.488 e. The van der Waals surface area contributed by atoms with E-state index in [1.54, 1.807) is 30.3 Å². The first kappa shape index (κ1) is 13.5. The highest BCUT2D eigenvalue weighted by molar-refractivity contribution is 9.10. The molecule has 2 aromatic carbocycles. The Morgan fingerprint density at radius 1 is 1.21 bits per heavy atom. The summed E-state index contributed by atoms with van der Waals surface area (Å²) >= 11 is 3.15. The Labute approximate surface area is 117 Å². The lowest BCUT2D eigenvalue weighted by Crippen LogP contribution is -2.05. The van der Waals surface area contributed by atoms with Crippen molar-refractivity contribution in [2.45, 2.75) is 6.61 Å². The number of halogens is 2. The van der Waals surface area contributed by atoms with E-state index in [-0.39, 0.29) is 23.7 Å². The quantitative estimate of drug-likeness (QED) is 0.928. The van der Waals surface area contributed by atoms with Crippen LogP contribution in [-0.2, 0) is 6.61 Å². The second kappa shape index (κ2) is 5.84. The maximum Gasteiger partial charge on any atom is 0.340 e. The third-order valence-electron chi connectivity index (χ3n) is 2.53. The molecule has 0 spiro atoms. The van der Waals surface area contributed by atoms with Gasteiger partial charge in [-0.05, 0) is 34.1 Å². The van der Waals surface area contributed by atoms with Crippen LogP contribution < -0.4 is 4.74 Å². The minimum absolute atomic E-state index is 0.0244. The molecule has 0 aliphatic rings. The molecule has 3 nitrogen and oxygen atoms in total. The van der Waals surface area contributed by atoms with Crippen LogP contribution in [0.1, 0.15) is 15.9 Å². The molecule has 0 fully saturated rings. The lowest BCUT2D eigenvalue weighted by Gasteiger charge is -2.10. The van der Waals surface area contributed by atoms with Crippen molar-refractivity contribution in [1.82, 2.24) is 0 Å². The molecule has 98 valence electrons. The van der Waals surface area contributed by atoms with Gasteiger partial charge in [-0.3, -0.25) is 0 Å².